The minimum absolute atomic E-state index is 0.0128. The molecule has 0 fully saturated rings. The van der Waals surface area contributed by atoms with Crippen molar-refractivity contribution >= 4 is 10.8 Å². The van der Waals surface area contributed by atoms with E-state index in [0.29, 0.717) is 13.0 Å². The van der Waals surface area contributed by atoms with Crippen LogP contribution in [0.1, 0.15) is 44.9 Å². The number of rotatable bonds is 11. The standard InChI is InChI=1S/C25H33N3O2/c1-4-7-18-30-21-14-12-20(13-15-21)19-24-22-10-8-9-11-23(22)25(29)28(26-24)17-16-27(5-2)6-3/h8-15H,4-7,16-19H2,1-3H3. The van der Waals surface area contributed by atoms with Crippen LogP contribution in [0.3, 0.4) is 0 Å². The highest BCUT2D eigenvalue weighted by Crippen LogP contribution is 2.19. The van der Waals surface area contributed by atoms with E-state index in [1.54, 1.807) is 4.68 Å². The van der Waals surface area contributed by atoms with Crippen molar-refractivity contribution in [2.75, 3.05) is 26.2 Å². The van der Waals surface area contributed by atoms with Crippen molar-refractivity contribution < 1.29 is 4.74 Å². The lowest BCUT2D eigenvalue weighted by Crippen LogP contribution is -2.32. The van der Waals surface area contributed by atoms with Gasteiger partial charge in [-0.15, -0.1) is 0 Å². The van der Waals surface area contributed by atoms with Crippen LogP contribution < -0.4 is 10.3 Å². The Hall–Kier alpha value is -2.66. The molecule has 3 aromatic rings. The van der Waals surface area contributed by atoms with E-state index in [2.05, 4.69) is 37.8 Å². The number of benzene rings is 2. The van der Waals surface area contributed by atoms with E-state index >= 15 is 0 Å². The number of fused-ring (bicyclic) bond motifs is 1. The van der Waals surface area contributed by atoms with Crippen molar-refractivity contribution in [1.82, 2.24) is 14.7 Å². The van der Waals surface area contributed by atoms with E-state index in [1.165, 1.54) is 0 Å². The molecule has 0 atom stereocenters. The highest BCUT2D eigenvalue weighted by atomic mass is 16.5. The lowest BCUT2D eigenvalue weighted by Gasteiger charge is -2.18. The molecule has 1 aromatic heterocycles. The summed E-state index contributed by atoms with van der Waals surface area (Å²) in [5, 5.41) is 6.44. The monoisotopic (exact) mass is 407 g/mol. The van der Waals surface area contributed by atoms with Crippen molar-refractivity contribution in [1.29, 1.82) is 0 Å². The Kier molecular flexibility index (Phi) is 8.03. The van der Waals surface area contributed by atoms with Gasteiger partial charge in [-0.25, -0.2) is 4.68 Å². The van der Waals surface area contributed by atoms with E-state index in [4.69, 9.17) is 9.84 Å². The molecule has 1 heterocycles. The molecule has 0 amide bonds. The fourth-order valence-corrected chi connectivity index (χ4v) is 3.59. The molecule has 0 unspecified atom stereocenters. The molecular weight excluding hydrogens is 374 g/mol. The maximum Gasteiger partial charge on any atom is 0.274 e. The summed E-state index contributed by atoms with van der Waals surface area (Å²) >= 11 is 0. The molecule has 0 aliphatic rings. The van der Waals surface area contributed by atoms with Crippen molar-refractivity contribution in [2.24, 2.45) is 0 Å². The number of nitrogens with zero attached hydrogens (tertiary/aromatic N) is 3. The molecule has 0 radical (unpaired) electrons. The highest BCUT2D eigenvalue weighted by Gasteiger charge is 2.12. The van der Waals surface area contributed by atoms with Crippen LogP contribution in [0.15, 0.2) is 53.3 Å². The average molecular weight is 408 g/mol. The van der Waals surface area contributed by atoms with Gasteiger partial charge in [-0.2, -0.15) is 5.10 Å². The number of likely N-dealkylation sites (N-methyl/N-ethyl adjacent to an activating group) is 1. The van der Waals surface area contributed by atoms with E-state index < -0.39 is 0 Å². The second kappa shape index (κ2) is 10.9. The zero-order chi connectivity index (χ0) is 21.3. The summed E-state index contributed by atoms with van der Waals surface area (Å²) < 4.78 is 7.40. The number of ether oxygens (including phenoxy) is 1. The molecule has 0 bridgehead atoms. The van der Waals surface area contributed by atoms with Gasteiger partial charge < -0.3 is 9.64 Å². The van der Waals surface area contributed by atoms with Crippen molar-refractivity contribution in [3.05, 3.63) is 70.1 Å². The smallest absolute Gasteiger partial charge is 0.274 e. The Labute approximate surface area is 179 Å². The highest BCUT2D eigenvalue weighted by molar-refractivity contribution is 5.83. The van der Waals surface area contributed by atoms with Crippen LogP contribution in [0.4, 0.5) is 0 Å². The van der Waals surface area contributed by atoms with Gasteiger partial charge >= 0.3 is 0 Å². The SMILES string of the molecule is CCCCOc1ccc(Cc2nn(CCN(CC)CC)c(=O)c3ccccc23)cc1. The van der Waals surface area contributed by atoms with Crippen LogP contribution in [0.5, 0.6) is 5.75 Å². The minimum Gasteiger partial charge on any atom is -0.494 e. The summed E-state index contributed by atoms with van der Waals surface area (Å²) in [5.74, 6) is 0.897. The molecule has 3 rings (SSSR count). The summed E-state index contributed by atoms with van der Waals surface area (Å²) in [7, 11) is 0. The fourth-order valence-electron chi connectivity index (χ4n) is 3.59. The maximum absolute atomic E-state index is 13.0. The van der Waals surface area contributed by atoms with E-state index in [1.807, 2.05) is 36.4 Å². The third-order valence-corrected chi connectivity index (χ3v) is 5.53. The van der Waals surface area contributed by atoms with Gasteiger partial charge in [-0.3, -0.25) is 4.79 Å². The zero-order valence-corrected chi connectivity index (χ0v) is 18.4. The second-order valence-electron chi connectivity index (χ2n) is 7.57. The van der Waals surface area contributed by atoms with E-state index in [-0.39, 0.29) is 5.56 Å². The summed E-state index contributed by atoms with van der Waals surface area (Å²) in [4.78, 5) is 15.3. The first-order valence-electron chi connectivity index (χ1n) is 11.1. The second-order valence-corrected chi connectivity index (χ2v) is 7.57. The van der Waals surface area contributed by atoms with E-state index in [0.717, 1.165) is 66.9 Å². The van der Waals surface area contributed by atoms with Crippen molar-refractivity contribution in [2.45, 2.75) is 46.6 Å². The third-order valence-electron chi connectivity index (χ3n) is 5.53. The first-order valence-corrected chi connectivity index (χ1v) is 11.1. The lowest BCUT2D eigenvalue weighted by molar-refractivity contribution is 0.282. The quantitative estimate of drug-likeness (QED) is 0.439. The first kappa shape index (κ1) is 22.0. The zero-order valence-electron chi connectivity index (χ0n) is 18.4. The first-order chi connectivity index (χ1) is 14.7. The molecule has 5 heteroatoms. The van der Waals surface area contributed by atoms with Crippen LogP contribution >= 0.6 is 0 Å². The predicted octanol–water partition coefficient (Wildman–Crippen LogP) is 4.51. The Morgan fingerprint density at radius 2 is 1.67 bits per heavy atom. The van der Waals surface area contributed by atoms with Gasteiger partial charge in [0.05, 0.1) is 24.2 Å². The van der Waals surface area contributed by atoms with E-state index in [9.17, 15) is 4.79 Å². The summed E-state index contributed by atoms with van der Waals surface area (Å²) in [5.41, 5.74) is 2.08. The maximum atomic E-state index is 13.0. The third kappa shape index (κ3) is 5.48. The van der Waals surface area contributed by atoms with Gasteiger partial charge in [-0.1, -0.05) is 57.5 Å². The lowest BCUT2D eigenvalue weighted by atomic mass is 10.0. The topological polar surface area (TPSA) is 47.4 Å². The minimum atomic E-state index is -0.0128. The predicted molar refractivity (Wildman–Crippen MR) is 123 cm³/mol. The Balaban J connectivity index is 1.85. The molecular formula is C25H33N3O2. The molecule has 160 valence electrons. The Morgan fingerprint density at radius 3 is 2.33 bits per heavy atom. The van der Waals surface area contributed by atoms with Gasteiger partial charge in [0.2, 0.25) is 0 Å². The molecule has 0 saturated heterocycles. The molecule has 5 nitrogen and oxygen atoms in total. The number of hydrogen-bond acceptors (Lipinski definition) is 4. The normalized spacial score (nSPS) is 11.3. The van der Waals surface area contributed by atoms with Gasteiger partial charge in [0.15, 0.2) is 0 Å². The van der Waals surface area contributed by atoms with Crippen molar-refractivity contribution in [3.63, 3.8) is 0 Å². The molecule has 0 aliphatic heterocycles. The summed E-state index contributed by atoms with van der Waals surface area (Å²) in [6.45, 7) is 10.5. The molecule has 0 N–H and O–H groups in total. The number of hydrogen-bond donors (Lipinski definition) is 0. The Morgan fingerprint density at radius 1 is 0.967 bits per heavy atom. The fraction of sp³-hybridized carbons (Fsp3) is 0.440. The average Bonchev–Trinajstić information content (AvgIpc) is 2.78. The molecule has 0 saturated carbocycles. The van der Waals surface area contributed by atoms with Crippen LogP contribution in [0.25, 0.3) is 10.8 Å². The van der Waals surface area contributed by atoms with Crippen LogP contribution in [0, 0.1) is 0 Å². The summed E-state index contributed by atoms with van der Waals surface area (Å²) in [6, 6.07) is 16.0. The molecule has 0 aliphatic carbocycles. The van der Waals surface area contributed by atoms with Crippen LogP contribution in [0.2, 0.25) is 0 Å². The van der Waals surface area contributed by atoms with Crippen LogP contribution in [-0.2, 0) is 13.0 Å². The van der Waals surface area contributed by atoms with Gasteiger partial charge in [0, 0.05) is 18.4 Å². The molecule has 2 aromatic carbocycles. The van der Waals surface area contributed by atoms with Gasteiger partial charge in [0.1, 0.15) is 5.75 Å². The van der Waals surface area contributed by atoms with Gasteiger partial charge in [-0.05, 0) is 43.3 Å². The van der Waals surface area contributed by atoms with Crippen molar-refractivity contribution in [3.8, 4) is 5.75 Å². The largest absolute Gasteiger partial charge is 0.494 e. The van der Waals surface area contributed by atoms with Crippen LogP contribution in [-0.4, -0.2) is 40.9 Å². The summed E-state index contributed by atoms with van der Waals surface area (Å²) in [6.07, 6.45) is 2.87. The molecule has 30 heavy (non-hydrogen) atoms. The van der Waals surface area contributed by atoms with Gasteiger partial charge in [0.25, 0.3) is 5.56 Å². The number of unbranched alkanes of at least 4 members (excludes halogenated alkanes) is 1. The molecule has 0 spiro atoms. The Bertz CT molecular complexity index is 991. The number of aromatic nitrogens is 2.